The van der Waals surface area contributed by atoms with Gasteiger partial charge in [-0.05, 0) is 60.8 Å². The van der Waals surface area contributed by atoms with Crippen LogP contribution in [-0.2, 0) is 4.79 Å². The van der Waals surface area contributed by atoms with Gasteiger partial charge in [-0.1, -0.05) is 51.8 Å². The number of carbonyl (C=O) groups is 1. The molecule has 3 aliphatic carbocycles. The molecular formula is C20H30O. The van der Waals surface area contributed by atoms with Gasteiger partial charge in [0.2, 0.25) is 0 Å². The molecule has 1 fully saturated rings. The van der Waals surface area contributed by atoms with Gasteiger partial charge in [0, 0.05) is 5.41 Å². The molecule has 0 aliphatic heterocycles. The average Bonchev–Trinajstić information content (AvgIpc) is 2.46. The van der Waals surface area contributed by atoms with Gasteiger partial charge in [0.1, 0.15) is 6.29 Å². The number of rotatable bonds is 2. The van der Waals surface area contributed by atoms with Crippen LogP contribution in [0.25, 0.3) is 0 Å². The minimum absolute atomic E-state index is 0.100. The highest BCUT2D eigenvalue weighted by Gasteiger charge is 2.54. The van der Waals surface area contributed by atoms with E-state index in [0.717, 1.165) is 12.8 Å². The van der Waals surface area contributed by atoms with Gasteiger partial charge in [-0.2, -0.15) is 0 Å². The first-order valence-electron chi connectivity index (χ1n) is 8.77. The van der Waals surface area contributed by atoms with Crippen molar-refractivity contribution in [3.63, 3.8) is 0 Å². The van der Waals surface area contributed by atoms with Crippen LogP contribution in [-0.4, -0.2) is 6.29 Å². The minimum atomic E-state index is -0.100. The fraction of sp³-hybridized carbons (Fsp3) is 0.750. The van der Waals surface area contributed by atoms with Gasteiger partial charge in [0.15, 0.2) is 0 Å². The number of fused-ring (bicyclic) bond motifs is 3. The van der Waals surface area contributed by atoms with Crippen molar-refractivity contribution in [3.8, 4) is 0 Å². The summed E-state index contributed by atoms with van der Waals surface area (Å²) in [5, 5.41) is 0. The predicted octanol–water partition coefficient (Wildman–Crippen LogP) is 5.32. The molecule has 3 aliphatic rings. The highest BCUT2D eigenvalue weighted by Crippen LogP contribution is 2.61. The second kappa shape index (κ2) is 5.11. The van der Waals surface area contributed by atoms with Crippen LogP contribution in [0.5, 0.6) is 0 Å². The quantitative estimate of drug-likeness (QED) is 0.628. The Morgan fingerprint density at radius 3 is 2.71 bits per heavy atom. The molecule has 3 unspecified atom stereocenters. The summed E-state index contributed by atoms with van der Waals surface area (Å²) in [6.45, 7) is 9.30. The van der Waals surface area contributed by atoms with Crippen molar-refractivity contribution >= 4 is 6.29 Å². The summed E-state index contributed by atoms with van der Waals surface area (Å²) < 4.78 is 0. The SMILES string of the molecule is CC(C)C1=CC2=CCC3C(C)(CCC[C@]3(C)C=O)C2CC1. The second-order valence-electron chi connectivity index (χ2n) is 8.44. The lowest BCUT2D eigenvalue weighted by Crippen LogP contribution is -2.50. The van der Waals surface area contributed by atoms with E-state index in [1.165, 1.54) is 32.0 Å². The van der Waals surface area contributed by atoms with Crippen LogP contribution in [0.15, 0.2) is 23.3 Å². The average molecular weight is 286 g/mol. The third-order valence-corrected chi connectivity index (χ3v) is 6.90. The van der Waals surface area contributed by atoms with Crippen LogP contribution >= 0.6 is 0 Å². The van der Waals surface area contributed by atoms with Crippen molar-refractivity contribution in [2.45, 2.75) is 66.2 Å². The molecule has 3 rings (SSSR count). The second-order valence-corrected chi connectivity index (χ2v) is 8.44. The van der Waals surface area contributed by atoms with Crippen molar-refractivity contribution in [1.29, 1.82) is 0 Å². The maximum atomic E-state index is 11.7. The standard InChI is InChI=1S/C20H30O/c1-14(2)15-6-8-17-16(12-15)7-9-18-19(3,13-21)10-5-11-20(17,18)4/h7,12-14,17-18H,5-6,8-11H2,1-4H3/t17?,18?,19-,20?/m1/s1. The van der Waals surface area contributed by atoms with E-state index in [9.17, 15) is 4.79 Å². The lowest BCUT2D eigenvalue weighted by atomic mass is 9.47. The van der Waals surface area contributed by atoms with E-state index in [1.807, 2.05) is 0 Å². The molecule has 1 saturated carbocycles. The molecule has 0 aromatic rings. The first-order chi connectivity index (χ1) is 9.90. The lowest BCUT2D eigenvalue weighted by molar-refractivity contribution is -0.128. The van der Waals surface area contributed by atoms with Gasteiger partial charge in [0.05, 0.1) is 0 Å². The molecule has 0 saturated heterocycles. The molecule has 0 heterocycles. The molecule has 1 heteroatoms. The van der Waals surface area contributed by atoms with Crippen LogP contribution in [0.1, 0.15) is 66.2 Å². The Morgan fingerprint density at radius 2 is 2.05 bits per heavy atom. The van der Waals surface area contributed by atoms with Gasteiger partial charge < -0.3 is 4.79 Å². The van der Waals surface area contributed by atoms with Crippen molar-refractivity contribution in [1.82, 2.24) is 0 Å². The van der Waals surface area contributed by atoms with Gasteiger partial charge in [-0.15, -0.1) is 0 Å². The van der Waals surface area contributed by atoms with Gasteiger partial charge in [-0.25, -0.2) is 0 Å². The first kappa shape index (κ1) is 15.1. The summed E-state index contributed by atoms with van der Waals surface area (Å²) in [4.78, 5) is 11.7. The van der Waals surface area contributed by atoms with E-state index in [1.54, 1.807) is 11.1 Å². The summed E-state index contributed by atoms with van der Waals surface area (Å²) in [5.41, 5.74) is 3.43. The van der Waals surface area contributed by atoms with E-state index in [0.29, 0.717) is 23.2 Å². The third kappa shape index (κ3) is 2.24. The van der Waals surface area contributed by atoms with Gasteiger partial charge in [0.25, 0.3) is 0 Å². The number of aldehydes is 1. The highest BCUT2D eigenvalue weighted by atomic mass is 16.1. The summed E-state index contributed by atoms with van der Waals surface area (Å²) in [7, 11) is 0. The summed E-state index contributed by atoms with van der Waals surface area (Å²) in [6.07, 6.45) is 13.5. The maximum absolute atomic E-state index is 11.7. The molecule has 0 spiro atoms. The molecular weight excluding hydrogens is 256 g/mol. The summed E-state index contributed by atoms with van der Waals surface area (Å²) >= 11 is 0. The number of allylic oxidation sites excluding steroid dienone is 4. The Kier molecular flexibility index (Phi) is 3.66. The van der Waals surface area contributed by atoms with E-state index in [2.05, 4.69) is 39.8 Å². The fourth-order valence-corrected chi connectivity index (χ4v) is 5.53. The topological polar surface area (TPSA) is 17.1 Å². The highest BCUT2D eigenvalue weighted by molar-refractivity contribution is 5.60. The largest absolute Gasteiger partial charge is 0.303 e. The fourth-order valence-electron chi connectivity index (χ4n) is 5.53. The number of hydrogen-bond acceptors (Lipinski definition) is 1. The summed E-state index contributed by atoms with van der Waals surface area (Å²) in [6, 6.07) is 0. The van der Waals surface area contributed by atoms with Crippen molar-refractivity contribution < 1.29 is 4.79 Å². The van der Waals surface area contributed by atoms with Crippen LogP contribution in [0.4, 0.5) is 0 Å². The Balaban J connectivity index is 1.99. The third-order valence-electron chi connectivity index (χ3n) is 6.90. The molecule has 0 N–H and O–H groups in total. The Bertz CT molecular complexity index is 498. The van der Waals surface area contributed by atoms with Gasteiger partial charge in [-0.3, -0.25) is 0 Å². The lowest BCUT2D eigenvalue weighted by Gasteiger charge is -2.57. The zero-order valence-electron chi connectivity index (χ0n) is 14.1. The number of hydrogen-bond donors (Lipinski definition) is 0. The minimum Gasteiger partial charge on any atom is -0.303 e. The summed E-state index contributed by atoms with van der Waals surface area (Å²) in [5.74, 6) is 1.89. The van der Waals surface area contributed by atoms with Gasteiger partial charge >= 0.3 is 0 Å². The van der Waals surface area contributed by atoms with Crippen molar-refractivity contribution in [3.05, 3.63) is 23.3 Å². The molecule has 0 bridgehead atoms. The zero-order valence-corrected chi connectivity index (χ0v) is 14.1. The van der Waals surface area contributed by atoms with Crippen LogP contribution in [0, 0.1) is 28.6 Å². The van der Waals surface area contributed by atoms with Crippen molar-refractivity contribution in [2.75, 3.05) is 0 Å². The monoisotopic (exact) mass is 286 g/mol. The van der Waals surface area contributed by atoms with E-state index >= 15 is 0 Å². The molecule has 0 radical (unpaired) electrons. The predicted molar refractivity (Wildman–Crippen MR) is 88.0 cm³/mol. The van der Waals surface area contributed by atoms with E-state index < -0.39 is 0 Å². The Hall–Kier alpha value is -0.850. The molecule has 0 amide bonds. The molecule has 0 aromatic heterocycles. The van der Waals surface area contributed by atoms with Crippen LogP contribution in [0.3, 0.4) is 0 Å². The molecule has 0 aromatic carbocycles. The van der Waals surface area contributed by atoms with Crippen molar-refractivity contribution in [2.24, 2.45) is 28.6 Å². The molecule has 4 atom stereocenters. The maximum Gasteiger partial charge on any atom is 0.126 e. The van der Waals surface area contributed by atoms with Crippen LogP contribution < -0.4 is 0 Å². The Labute approximate surface area is 129 Å². The van der Waals surface area contributed by atoms with E-state index in [4.69, 9.17) is 0 Å². The molecule has 21 heavy (non-hydrogen) atoms. The Morgan fingerprint density at radius 1 is 1.29 bits per heavy atom. The normalized spacial score (nSPS) is 42.7. The van der Waals surface area contributed by atoms with E-state index in [-0.39, 0.29) is 5.41 Å². The van der Waals surface area contributed by atoms with Crippen LogP contribution in [0.2, 0.25) is 0 Å². The molecule has 116 valence electrons. The number of carbonyl (C=O) groups excluding carboxylic acids is 1. The molecule has 1 nitrogen and oxygen atoms in total. The zero-order chi connectivity index (χ0) is 15.3. The smallest absolute Gasteiger partial charge is 0.126 e. The first-order valence-corrected chi connectivity index (χ1v) is 8.77.